The van der Waals surface area contributed by atoms with Gasteiger partial charge in [0.25, 0.3) is 5.91 Å². The number of hydrogen-bond acceptors (Lipinski definition) is 4. The molecule has 0 bridgehead atoms. The second-order valence-corrected chi connectivity index (χ2v) is 7.24. The Kier molecular flexibility index (Phi) is 4.24. The standard InChI is InChI=1S/C19H18N4OS/c20-12-13-5-4-6-14(11-13)17-16(22-19-23(17)9-10-25-19)18(24)21-15-7-2-1-3-8-15/h4-6,9-11,15H,1-3,7-8H2,(H,21,24). The predicted molar refractivity (Wildman–Crippen MR) is 97.6 cm³/mol. The molecular weight excluding hydrogens is 332 g/mol. The van der Waals surface area contributed by atoms with Gasteiger partial charge in [-0.1, -0.05) is 31.4 Å². The number of nitrogens with one attached hydrogen (secondary N) is 1. The van der Waals surface area contributed by atoms with Gasteiger partial charge in [0.05, 0.1) is 17.3 Å². The molecule has 0 unspecified atom stereocenters. The van der Waals surface area contributed by atoms with Gasteiger partial charge in [-0.25, -0.2) is 4.98 Å². The van der Waals surface area contributed by atoms with Crippen LogP contribution in [0.4, 0.5) is 0 Å². The molecule has 1 aliphatic carbocycles. The maximum absolute atomic E-state index is 12.9. The predicted octanol–water partition coefficient (Wildman–Crippen LogP) is 4.00. The highest BCUT2D eigenvalue weighted by molar-refractivity contribution is 7.15. The van der Waals surface area contributed by atoms with Gasteiger partial charge in [-0.15, -0.1) is 11.3 Å². The molecule has 2 heterocycles. The van der Waals surface area contributed by atoms with Crippen LogP contribution >= 0.6 is 11.3 Å². The molecule has 5 nitrogen and oxygen atoms in total. The lowest BCUT2D eigenvalue weighted by Crippen LogP contribution is -2.36. The summed E-state index contributed by atoms with van der Waals surface area (Å²) in [5, 5.41) is 14.3. The number of carbonyl (C=O) groups excluding carboxylic acids is 1. The highest BCUT2D eigenvalue weighted by Crippen LogP contribution is 2.28. The second kappa shape index (κ2) is 6.69. The highest BCUT2D eigenvalue weighted by Gasteiger charge is 2.24. The Labute approximate surface area is 149 Å². The summed E-state index contributed by atoms with van der Waals surface area (Å²) in [4.78, 5) is 18.2. The number of fused-ring (bicyclic) bond motifs is 1. The first-order valence-corrected chi connectivity index (χ1v) is 9.41. The minimum atomic E-state index is -0.125. The van der Waals surface area contributed by atoms with E-state index in [1.165, 1.54) is 30.6 Å². The van der Waals surface area contributed by atoms with Crippen molar-refractivity contribution < 1.29 is 4.79 Å². The number of hydrogen-bond donors (Lipinski definition) is 1. The molecule has 0 aliphatic heterocycles. The van der Waals surface area contributed by atoms with E-state index in [2.05, 4.69) is 16.4 Å². The summed E-state index contributed by atoms with van der Waals surface area (Å²) in [5.41, 5.74) is 2.59. The lowest BCUT2D eigenvalue weighted by Gasteiger charge is -2.22. The maximum atomic E-state index is 12.9. The van der Waals surface area contributed by atoms with Crippen LogP contribution in [0.2, 0.25) is 0 Å². The van der Waals surface area contributed by atoms with Crippen LogP contribution in [0, 0.1) is 11.3 Å². The van der Waals surface area contributed by atoms with Crippen LogP contribution in [0.3, 0.4) is 0 Å². The third-order valence-corrected chi connectivity index (χ3v) is 5.44. The molecule has 0 radical (unpaired) electrons. The normalized spacial score (nSPS) is 15.2. The van der Waals surface area contributed by atoms with Crippen molar-refractivity contribution in [1.29, 1.82) is 5.26 Å². The number of carbonyl (C=O) groups is 1. The summed E-state index contributed by atoms with van der Waals surface area (Å²) in [6, 6.07) is 9.71. The number of benzene rings is 1. The van der Waals surface area contributed by atoms with Gasteiger partial charge in [0.15, 0.2) is 10.7 Å². The van der Waals surface area contributed by atoms with E-state index in [0.717, 1.165) is 29.1 Å². The fraction of sp³-hybridized carbons (Fsp3) is 0.316. The lowest BCUT2D eigenvalue weighted by atomic mass is 9.95. The van der Waals surface area contributed by atoms with Crippen LogP contribution in [0.1, 0.15) is 48.2 Å². The molecule has 1 N–H and O–H groups in total. The summed E-state index contributed by atoms with van der Waals surface area (Å²) in [6.07, 6.45) is 7.57. The van der Waals surface area contributed by atoms with E-state index in [1.807, 2.05) is 28.1 Å². The van der Waals surface area contributed by atoms with Crippen molar-refractivity contribution in [2.24, 2.45) is 0 Å². The Morgan fingerprint density at radius 2 is 2.16 bits per heavy atom. The number of imidazole rings is 1. The number of thiazole rings is 1. The van der Waals surface area contributed by atoms with E-state index in [9.17, 15) is 10.1 Å². The van der Waals surface area contributed by atoms with E-state index in [-0.39, 0.29) is 11.9 Å². The molecule has 1 saturated carbocycles. The van der Waals surface area contributed by atoms with Crippen molar-refractivity contribution in [2.75, 3.05) is 0 Å². The summed E-state index contributed by atoms with van der Waals surface area (Å²) < 4.78 is 1.93. The first-order chi connectivity index (χ1) is 12.3. The van der Waals surface area contributed by atoms with Gasteiger partial charge in [-0.3, -0.25) is 9.20 Å². The van der Waals surface area contributed by atoms with E-state index in [0.29, 0.717) is 11.3 Å². The number of nitriles is 1. The Morgan fingerprint density at radius 1 is 1.32 bits per heavy atom. The molecule has 0 atom stereocenters. The first-order valence-electron chi connectivity index (χ1n) is 8.53. The van der Waals surface area contributed by atoms with Gasteiger partial charge in [0, 0.05) is 23.2 Å². The molecule has 126 valence electrons. The first kappa shape index (κ1) is 15.9. The minimum absolute atomic E-state index is 0.125. The number of amides is 1. The average Bonchev–Trinajstić information content (AvgIpc) is 3.23. The molecule has 2 aromatic heterocycles. The Hall–Kier alpha value is -2.65. The zero-order valence-electron chi connectivity index (χ0n) is 13.7. The summed E-state index contributed by atoms with van der Waals surface area (Å²) in [7, 11) is 0. The second-order valence-electron chi connectivity index (χ2n) is 6.37. The van der Waals surface area contributed by atoms with E-state index in [4.69, 9.17) is 0 Å². The molecule has 0 spiro atoms. The zero-order chi connectivity index (χ0) is 17.2. The Morgan fingerprint density at radius 3 is 2.96 bits per heavy atom. The van der Waals surface area contributed by atoms with Crippen molar-refractivity contribution in [3.8, 4) is 17.3 Å². The van der Waals surface area contributed by atoms with Crippen LogP contribution < -0.4 is 5.32 Å². The van der Waals surface area contributed by atoms with Crippen molar-refractivity contribution in [3.05, 3.63) is 47.1 Å². The zero-order valence-corrected chi connectivity index (χ0v) is 14.6. The molecule has 4 rings (SSSR count). The van der Waals surface area contributed by atoms with Gasteiger partial charge < -0.3 is 5.32 Å². The quantitative estimate of drug-likeness (QED) is 0.776. The smallest absolute Gasteiger partial charge is 0.272 e. The van der Waals surface area contributed by atoms with Gasteiger partial charge >= 0.3 is 0 Å². The maximum Gasteiger partial charge on any atom is 0.272 e. The van der Waals surface area contributed by atoms with Gasteiger partial charge in [0.1, 0.15) is 0 Å². The molecule has 1 fully saturated rings. The third-order valence-electron chi connectivity index (χ3n) is 4.68. The molecular formula is C19H18N4OS. The molecule has 25 heavy (non-hydrogen) atoms. The van der Waals surface area contributed by atoms with E-state index >= 15 is 0 Å². The molecule has 1 amide bonds. The summed E-state index contributed by atoms with van der Waals surface area (Å²) in [5.74, 6) is -0.125. The highest BCUT2D eigenvalue weighted by atomic mass is 32.1. The summed E-state index contributed by atoms with van der Waals surface area (Å²) in [6.45, 7) is 0. The number of nitrogens with zero attached hydrogens (tertiary/aromatic N) is 3. The fourth-order valence-electron chi connectivity index (χ4n) is 3.46. The SMILES string of the molecule is N#Cc1cccc(-c2c(C(=O)NC3CCCCC3)nc3sccn23)c1. The van der Waals surface area contributed by atoms with Crippen molar-refractivity contribution >= 4 is 22.2 Å². The van der Waals surface area contributed by atoms with E-state index < -0.39 is 0 Å². The fourth-order valence-corrected chi connectivity index (χ4v) is 4.17. The van der Waals surface area contributed by atoms with Crippen molar-refractivity contribution in [1.82, 2.24) is 14.7 Å². The molecule has 6 heteroatoms. The lowest BCUT2D eigenvalue weighted by molar-refractivity contribution is 0.0924. The van der Waals surface area contributed by atoms with Crippen LogP contribution in [-0.4, -0.2) is 21.3 Å². The van der Waals surface area contributed by atoms with Crippen LogP contribution in [-0.2, 0) is 0 Å². The van der Waals surface area contributed by atoms with Crippen molar-refractivity contribution in [2.45, 2.75) is 38.1 Å². The number of rotatable bonds is 3. The average molecular weight is 350 g/mol. The van der Waals surface area contributed by atoms with Gasteiger partial charge in [0.2, 0.25) is 0 Å². The molecule has 1 aliphatic rings. The van der Waals surface area contributed by atoms with Crippen LogP contribution in [0.25, 0.3) is 16.2 Å². The Balaban J connectivity index is 1.74. The number of aromatic nitrogens is 2. The van der Waals surface area contributed by atoms with Gasteiger partial charge in [-0.2, -0.15) is 5.26 Å². The van der Waals surface area contributed by atoms with Gasteiger partial charge in [-0.05, 0) is 25.0 Å². The van der Waals surface area contributed by atoms with Crippen LogP contribution in [0.15, 0.2) is 35.8 Å². The summed E-state index contributed by atoms with van der Waals surface area (Å²) >= 11 is 1.50. The molecule has 0 saturated heterocycles. The minimum Gasteiger partial charge on any atom is -0.348 e. The van der Waals surface area contributed by atoms with Crippen LogP contribution in [0.5, 0.6) is 0 Å². The third kappa shape index (κ3) is 3.03. The largest absolute Gasteiger partial charge is 0.348 e. The molecule has 1 aromatic carbocycles. The Bertz CT molecular complexity index is 959. The monoisotopic (exact) mass is 350 g/mol. The topological polar surface area (TPSA) is 70.2 Å². The van der Waals surface area contributed by atoms with Crippen molar-refractivity contribution in [3.63, 3.8) is 0 Å². The molecule has 3 aromatic rings. The van der Waals surface area contributed by atoms with E-state index in [1.54, 1.807) is 12.1 Å².